The number of hydrogen-bond acceptors (Lipinski definition) is 8. The van der Waals surface area contributed by atoms with Crippen molar-refractivity contribution < 1.29 is 9.26 Å². The average molecular weight is 449 g/mol. The molecule has 10 heteroatoms. The van der Waals surface area contributed by atoms with Gasteiger partial charge in [-0.3, -0.25) is 4.99 Å². The Morgan fingerprint density at radius 1 is 1.24 bits per heavy atom. The van der Waals surface area contributed by atoms with Crippen molar-refractivity contribution in [3.05, 3.63) is 35.1 Å². The maximum atomic E-state index is 5.78. The van der Waals surface area contributed by atoms with E-state index in [0.29, 0.717) is 40.3 Å². The highest BCUT2D eigenvalue weighted by atomic mass is 16.5. The van der Waals surface area contributed by atoms with Crippen molar-refractivity contribution >= 4 is 33.7 Å². The van der Waals surface area contributed by atoms with E-state index < -0.39 is 0 Å². The molecule has 4 rings (SSSR count). The lowest BCUT2D eigenvalue weighted by Gasteiger charge is -2.13. The Balaban J connectivity index is 1.98. The number of aryl methyl sites for hydroxylation is 3. The van der Waals surface area contributed by atoms with Crippen LogP contribution in [0.3, 0.4) is 0 Å². The molecule has 33 heavy (non-hydrogen) atoms. The average Bonchev–Trinajstić information content (AvgIpc) is 3.29. The second kappa shape index (κ2) is 8.53. The molecule has 0 unspecified atom stereocenters. The van der Waals surface area contributed by atoms with Gasteiger partial charge in [-0.05, 0) is 47.6 Å². The van der Waals surface area contributed by atoms with Gasteiger partial charge in [0.2, 0.25) is 5.88 Å². The van der Waals surface area contributed by atoms with Gasteiger partial charge < -0.3 is 25.3 Å². The minimum atomic E-state index is 0.0691. The van der Waals surface area contributed by atoms with Crippen molar-refractivity contribution in [2.24, 2.45) is 10.7 Å². The smallest absolute Gasteiger partial charge is 0.221 e. The van der Waals surface area contributed by atoms with Crippen LogP contribution in [0.4, 0.5) is 5.82 Å². The van der Waals surface area contributed by atoms with Crippen molar-refractivity contribution in [3.63, 3.8) is 0 Å². The number of aromatic nitrogens is 5. The van der Waals surface area contributed by atoms with Gasteiger partial charge in [-0.2, -0.15) is 0 Å². The van der Waals surface area contributed by atoms with E-state index in [4.69, 9.17) is 20.0 Å². The molecule has 4 heterocycles. The highest BCUT2D eigenvalue weighted by Gasteiger charge is 2.22. The lowest BCUT2D eigenvalue weighted by atomic mass is 10.0. The van der Waals surface area contributed by atoms with Crippen LogP contribution in [0.5, 0.6) is 5.88 Å². The molecule has 0 bridgehead atoms. The summed E-state index contributed by atoms with van der Waals surface area (Å²) in [6.07, 6.45) is 1.52. The number of pyridine rings is 1. The van der Waals surface area contributed by atoms with E-state index in [9.17, 15) is 0 Å². The van der Waals surface area contributed by atoms with Crippen LogP contribution in [-0.2, 0) is 0 Å². The summed E-state index contributed by atoms with van der Waals surface area (Å²) in [4.78, 5) is 22.1. The first kappa shape index (κ1) is 22.3. The Morgan fingerprint density at radius 3 is 2.61 bits per heavy atom. The zero-order valence-corrected chi connectivity index (χ0v) is 19.9. The summed E-state index contributed by atoms with van der Waals surface area (Å²) in [5, 5.41) is 8.15. The molecule has 4 N–H and O–H groups in total. The van der Waals surface area contributed by atoms with Crippen LogP contribution in [0.15, 0.2) is 27.4 Å². The monoisotopic (exact) mass is 448 g/mol. The molecule has 0 amide bonds. The molecule has 0 saturated carbocycles. The second-order valence-electron chi connectivity index (χ2n) is 8.15. The normalized spacial score (nSPS) is 12.8. The van der Waals surface area contributed by atoms with Gasteiger partial charge >= 0.3 is 0 Å². The van der Waals surface area contributed by atoms with Crippen molar-refractivity contribution in [1.82, 2.24) is 25.1 Å². The molecule has 0 aliphatic rings. The summed E-state index contributed by atoms with van der Waals surface area (Å²) in [5.74, 6) is 2.98. The molecular weight excluding hydrogens is 420 g/mol. The molecule has 0 atom stereocenters. The zero-order chi connectivity index (χ0) is 23.9. The lowest BCUT2D eigenvalue weighted by Crippen LogP contribution is -2.18. The number of hydrogen-bond donors (Lipinski definition) is 3. The van der Waals surface area contributed by atoms with Gasteiger partial charge in [0.05, 0.1) is 34.8 Å². The Kier molecular flexibility index (Phi) is 5.75. The fraction of sp³-hybridized carbons (Fsp3) is 0.348. The van der Waals surface area contributed by atoms with Gasteiger partial charge in [0, 0.05) is 17.8 Å². The number of anilines is 1. The van der Waals surface area contributed by atoms with Crippen molar-refractivity contribution in [3.8, 4) is 17.0 Å². The number of ether oxygens (including phenoxy) is 1. The summed E-state index contributed by atoms with van der Waals surface area (Å²) in [6.45, 7) is 11.5. The highest BCUT2D eigenvalue weighted by molar-refractivity contribution is 6.16. The third kappa shape index (κ3) is 3.99. The van der Waals surface area contributed by atoms with Gasteiger partial charge in [0.25, 0.3) is 0 Å². The SMILES string of the molecule is COc1nc2c(cc1-c1c(C)noc1C)[nH]c1nc(C)nc(NC(=NC(C)C)C(C)=CN)c12. The Morgan fingerprint density at radius 2 is 2.00 bits per heavy atom. The van der Waals surface area contributed by atoms with Gasteiger partial charge in [-0.25, -0.2) is 15.0 Å². The molecule has 4 aromatic heterocycles. The van der Waals surface area contributed by atoms with Crippen LogP contribution in [0.1, 0.15) is 38.0 Å². The van der Waals surface area contributed by atoms with Gasteiger partial charge in [-0.15, -0.1) is 0 Å². The standard InChI is InChI=1S/C23H28N8O2/c1-10(2)25-20(11(3)9-24)30-22-18-19-16(28-21(18)26-14(6)27-22)8-15(23(29-19)32-7)17-12(4)31-33-13(17)5/h8-10H,24H2,1-7H3,(H2,25,26,27,28,30). The van der Waals surface area contributed by atoms with Crippen molar-refractivity contribution in [2.45, 2.75) is 47.6 Å². The van der Waals surface area contributed by atoms with E-state index in [0.717, 1.165) is 33.3 Å². The molecular formula is C23H28N8O2. The molecule has 0 fully saturated rings. The summed E-state index contributed by atoms with van der Waals surface area (Å²) < 4.78 is 11.0. The number of nitrogens with zero attached hydrogens (tertiary/aromatic N) is 5. The predicted octanol–water partition coefficient (Wildman–Crippen LogP) is 4.18. The summed E-state index contributed by atoms with van der Waals surface area (Å²) >= 11 is 0. The van der Waals surface area contributed by atoms with E-state index >= 15 is 0 Å². The summed E-state index contributed by atoms with van der Waals surface area (Å²) in [7, 11) is 1.59. The quantitative estimate of drug-likeness (QED) is 0.305. The molecule has 10 nitrogen and oxygen atoms in total. The number of rotatable bonds is 5. The number of methoxy groups -OCH3 is 1. The van der Waals surface area contributed by atoms with Crippen LogP contribution >= 0.6 is 0 Å². The minimum Gasteiger partial charge on any atom is -0.481 e. The van der Waals surface area contributed by atoms with Crippen LogP contribution in [0.25, 0.3) is 33.2 Å². The fourth-order valence-corrected chi connectivity index (χ4v) is 3.77. The fourth-order valence-electron chi connectivity index (χ4n) is 3.77. The Labute approximate surface area is 191 Å². The first-order chi connectivity index (χ1) is 15.7. The van der Waals surface area contributed by atoms with E-state index in [1.165, 1.54) is 6.20 Å². The van der Waals surface area contributed by atoms with Crippen LogP contribution in [0, 0.1) is 20.8 Å². The van der Waals surface area contributed by atoms with Gasteiger partial charge in [0.15, 0.2) is 0 Å². The first-order valence-corrected chi connectivity index (χ1v) is 10.7. The third-order valence-corrected chi connectivity index (χ3v) is 5.24. The van der Waals surface area contributed by atoms with Crippen LogP contribution in [-0.4, -0.2) is 44.1 Å². The van der Waals surface area contributed by atoms with Crippen LogP contribution in [0.2, 0.25) is 0 Å². The number of aromatic amines is 1. The second-order valence-corrected chi connectivity index (χ2v) is 8.15. The molecule has 0 aliphatic carbocycles. The molecule has 0 saturated heterocycles. The zero-order valence-electron chi connectivity index (χ0n) is 19.9. The van der Waals surface area contributed by atoms with E-state index in [-0.39, 0.29) is 6.04 Å². The Bertz CT molecular complexity index is 1390. The van der Waals surface area contributed by atoms with Crippen LogP contribution < -0.4 is 15.8 Å². The first-order valence-electron chi connectivity index (χ1n) is 10.7. The number of H-pyrrole nitrogens is 1. The number of fused-ring (bicyclic) bond motifs is 3. The van der Waals surface area contributed by atoms with Crippen molar-refractivity contribution in [1.29, 1.82) is 0 Å². The van der Waals surface area contributed by atoms with Gasteiger partial charge in [-0.1, -0.05) is 5.16 Å². The molecule has 0 spiro atoms. The topological polar surface area (TPSA) is 140 Å². The summed E-state index contributed by atoms with van der Waals surface area (Å²) in [5.41, 5.74) is 11.1. The Hall–Kier alpha value is -3.95. The van der Waals surface area contributed by atoms with Gasteiger partial charge in [0.1, 0.15) is 34.4 Å². The van der Waals surface area contributed by atoms with E-state index in [2.05, 4.69) is 30.4 Å². The maximum absolute atomic E-state index is 5.78. The number of nitrogens with one attached hydrogen (secondary N) is 2. The summed E-state index contributed by atoms with van der Waals surface area (Å²) in [6, 6.07) is 2.04. The highest BCUT2D eigenvalue weighted by Crippen LogP contribution is 2.38. The van der Waals surface area contributed by atoms with Crippen molar-refractivity contribution in [2.75, 3.05) is 12.4 Å². The lowest BCUT2D eigenvalue weighted by molar-refractivity contribution is 0.392. The maximum Gasteiger partial charge on any atom is 0.221 e. The largest absolute Gasteiger partial charge is 0.481 e. The number of aliphatic imine (C=N–C) groups is 1. The molecule has 172 valence electrons. The molecule has 0 aromatic carbocycles. The third-order valence-electron chi connectivity index (χ3n) is 5.24. The number of nitrogens with two attached hydrogens (primary N) is 1. The molecule has 0 radical (unpaired) electrons. The minimum absolute atomic E-state index is 0.0691. The molecule has 0 aliphatic heterocycles. The van der Waals surface area contributed by atoms with E-state index in [1.807, 2.05) is 47.6 Å². The molecule has 4 aromatic rings. The van der Waals surface area contributed by atoms with E-state index in [1.54, 1.807) is 7.11 Å². The predicted molar refractivity (Wildman–Crippen MR) is 130 cm³/mol. The number of amidine groups is 1.